The molecule has 3 amide bonds. The van der Waals surface area contributed by atoms with E-state index in [9.17, 15) is 14.4 Å². The first kappa shape index (κ1) is 21.0. The number of carbonyl (C=O) groups excluding carboxylic acids is 3. The van der Waals surface area contributed by atoms with Crippen molar-refractivity contribution in [3.05, 3.63) is 65.7 Å². The third-order valence-electron chi connectivity index (χ3n) is 3.77. The molecule has 0 bridgehead atoms. The van der Waals surface area contributed by atoms with E-state index in [2.05, 4.69) is 16.2 Å². The van der Waals surface area contributed by atoms with E-state index in [1.165, 1.54) is 6.92 Å². The van der Waals surface area contributed by atoms with Gasteiger partial charge in [-0.05, 0) is 43.7 Å². The highest BCUT2D eigenvalue weighted by Crippen LogP contribution is 2.16. The molecule has 0 heterocycles. The molecule has 28 heavy (non-hydrogen) atoms. The van der Waals surface area contributed by atoms with Crippen molar-refractivity contribution in [2.75, 3.05) is 0 Å². The smallest absolute Gasteiger partial charge is 0.269 e. The first-order valence-electron chi connectivity index (χ1n) is 9.03. The number of carbonyl (C=O) groups is 3. The molecule has 2 rings (SSSR count). The fourth-order valence-corrected chi connectivity index (χ4v) is 2.58. The molecule has 1 atom stereocenters. The summed E-state index contributed by atoms with van der Waals surface area (Å²) in [5, 5.41) is 2.74. The normalized spacial score (nSPS) is 11.4. The molecule has 7 heteroatoms. The minimum Gasteiger partial charge on any atom is -0.491 e. The third kappa shape index (κ3) is 6.75. The van der Waals surface area contributed by atoms with Crippen LogP contribution in [-0.2, 0) is 9.59 Å². The summed E-state index contributed by atoms with van der Waals surface area (Å²) in [7, 11) is 0. The molecule has 0 aliphatic heterocycles. The number of hydrogen-bond acceptors (Lipinski definition) is 4. The van der Waals surface area contributed by atoms with Gasteiger partial charge in [-0.15, -0.1) is 0 Å². The van der Waals surface area contributed by atoms with Crippen molar-refractivity contribution in [1.82, 2.24) is 16.2 Å². The largest absolute Gasteiger partial charge is 0.491 e. The summed E-state index contributed by atoms with van der Waals surface area (Å²) >= 11 is 0. The molecule has 0 aromatic heterocycles. The lowest BCUT2D eigenvalue weighted by Crippen LogP contribution is -2.43. The van der Waals surface area contributed by atoms with E-state index >= 15 is 0 Å². The molecule has 0 radical (unpaired) electrons. The van der Waals surface area contributed by atoms with Gasteiger partial charge in [0.2, 0.25) is 11.8 Å². The van der Waals surface area contributed by atoms with Gasteiger partial charge in [-0.2, -0.15) is 0 Å². The molecule has 148 valence electrons. The maximum atomic E-state index is 12.2. The molecule has 2 aromatic carbocycles. The van der Waals surface area contributed by atoms with E-state index in [-0.39, 0.29) is 18.4 Å². The monoisotopic (exact) mass is 383 g/mol. The fourth-order valence-electron chi connectivity index (χ4n) is 2.58. The molecule has 0 spiro atoms. The Bertz CT molecular complexity index is 804. The Morgan fingerprint density at radius 3 is 2.14 bits per heavy atom. The number of hydrazine groups is 1. The van der Waals surface area contributed by atoms with Crippen molar-refractivity contribution in [2.45, 2.75) is 39.3 Å². The topological polar surface area (TPSA) is 96.5 Å². The lowest BCUT2D eigenvalue weighted by atomic mass is 10.0. The molecular weight excluding hydrogens is 358 g/mol. The van der Waals surface area contributed by atoms with Crippen LogP contribution in [0, 0.1) is 0 Å². The van der Waals surface area contributed by atoms with Gasteiger partial charge >= 0.3 is 0 Å². The van der Waals surface area contributed by atoms with Crippen LogP contribution >= 0.6 is 0 Å². The van der Waals surface area contributed by atoms with Crippen LogP contribution < -0.4 is 20.9 Å². The molecule has 0 saturated heterocycles. The quantitative estimate of drug-likeness (QED) is 0.640. The molecule has 0 aliphatic carbocycles. The summed E-state index contributed by atoms with van der Waals surface area (Å²) in [6, 6.07) is 15.3. The van der Waals surface area contributed by atoms with Crippen LogP contribution in [0.25, 0.3) is 0 Å². The molecule has 0 aliphatic rings. The minimum absolute atomic E-state index is 0.00889. The lowest BCUT2D eigenvalue weighted by molar-refractivity contribution is -0.123. The zero-order valence-corrected chi connectivity index (χ0v) is 16.2. The van der Waals surface area contributed by atoms with Gasteiger partial charge in [0.15, 0.2) is 0 Å². The molecular formula is C21H25N3O4. The van der Waals surface area contributed by atoms with Crippen molar-refractivity contribution in [3.63, 3.8) is 0 Å². The highest BCUT2D eigenvalue weighted by Gasteiger charge is 2.17. The van der Waals surface area contributed by atoms with E-state index in [1.807, 2.05) is 44.2 Å². The van der Waals surface area contributed by atoms with Gasteiger partial charge in [-0.1, -0.05) is 30.3 Å². The van der Waals surface area contributed by atoms with Gasteiger partial charge in [-0.3, -0.25) is 25.2 Å². The van der Waals surface area contributed by atoms with Crippen LogP contribution in [0.3, 0.4) is 0 Å². The van der Waals surface area contributed by atoms with Crippen LogP contribution in [0.15, 0.2) is 54.6 Å². The SMILES string of the molecule is CC(=O)N[C@@H](CC(=O)NNC(=O)c1ccc(OC(C)C)cc1)c1ccccc1. The molecule has 0 saturated carbocycles. The summed E-state index contributed by atoms with van der Waals surface area (Å²) in [6.45, 7) is 5.22. The Kier molecular flexibility index (Phi) is 7.56. The number of hydrogen-bond donors (Lipinski definition) is 3. The summed E-state index contributed by atoms with van der Waals surface area (Å²) in [5.74, 6) is -0.443. The van der Waals surface area contributed by atoms with Gasteiger partial charge < -0.3 is 10.1 Å². The van der Waals surface area contributed by atoms with E-state index in [0.29, 0.717) is 11.3 Å². The Morgan fingerprint density at radius 1 is 0.929 bits per heavy atom. The van der Waals surface area contributed by atoms with Crippen LogP contribution in [0.1, 0.15) is 49.2 Å². The molecule has 0 unspecified atom stereocenters. The van der Waals surface area contributed by atoms with Crippen LogP contribution in [0.5, 0.6) is 5.75 Å². The van der Waals surface area contributed by atoms with Gasteiger partial charge in [0.25, 0.3) is 5.91 Å². The Balaban J connectivity index is 1.91. The molecule has 2 aromatic rings. The van der Waals surface area contributed by atoms with Gasteiger partial charge in [0, 0.05) is 12.5 Å². The van der Waals surface area contributed by atoms with Gasteiger partial charge in [-0.25, -0.2) is 0 Å². The van der Waals surface area contributed by atoms with Gasteiger partial charge in [0.1, 0.15) is 5.75 Å². The zero-order chi connectivity index (χ0) is 20.5. The summed E-state index contributed by atoms with van der Waals surface area (Å²) < 4.78 is 5.53. The first-order chi connectivity index (χ1) is 13.3. The highest BCUT2D eigenvalue weighted by molar-refractivity contribution is 5.95. The van der Waals surface area contributed by atoms with Crippen LogP contribution in [0.2, 0.25) is 0 Å². The zero-order valence-electron chi connectivity index (χ0n) is 16.2. The molecule has 3 N–H and O–H groups in total. The second kappa shape index (κ2) is 10.1. The van der Waals surface area contributed by atoms with Crippen molar-refractivity contribution in [2.24, 2.45) is 0 Å². The van der Waals surface area contributed by atoms with E-state index in [1.54, 1.807) is 24.3 Å². The maximum absolute atomic E-state index is 12.2. The predicted octanol–water partition coefficient (Wildman–Crippen LogP) is 2.50. The van der Waals surface area contributed by atoms with Gasteiger partial charge in [0.05, 0.1) is 18.6 Å². The second-order valence-electron chi connectivity index (χ2n) is 6.56. The number of amides is 3. The van der Waals surface area contributed by atoms with E-state index in [4.69, 9.17) is 4.74 Å². The van der Waals surface area contributed by atoms with E-state index < -0.39 is 17.9 Å². The lowest BCUT2D eigenvalue weighted by Gasteiger charge is -2.18. The van der Waals surface area contributed by atoms with E-state index in [0.717, 1.165) is 5.56 Å². The van der Waals surface area contributed by atoms with Crippen LogP contribution in [-0.4, -0.2) is 23.8 Å². The average molecular weight is 383 g/mol. The average Bonchev–Trinajstić information content (AvgIpc) is 2.66. The number of benzene rings is 2. The van der Waals surface area contributed by atoms with Crippen molar-refractivity contribution >= 4 is 17.7 Å². The standard InChI is InChI=1S/C21H25N3O4/c1-14(2)28-18-11-9-17(10-12-18)21(27)24-23-20(26)13-19(22-15(3)25)16-7-5-4-6-8-16/h4-12,14,19H,13H2,1-3H3,(H,22,25)(H,23,26)(H,24,27)/t19-/m0/s1. The van der Waals surface area contributed by atoms with Crippen molar-refractivity contribution < 1.29 is 19.1 Å². The molecule has 0 fully saturated rings. The first-order valence-corrected chi connectivity index (χ1v) is 9.03. The van der Waals surface area contributed by atoms with Crippen molar-refractivity contribution in [3.8, 4) is 5.75 Å². The Labute approximate surface area is 164 Å². The molecule has 7 nitrogen and oxygen atoms in total. The van der Waals surface area contributed by atoms with Crippen molar-refractivity contribution in [1.29, 1.82) is 0 Å². The summed E-state index contributed by atoms with van der Waals surface area (Å²) in [5.41, 5.74) is 5.95. The Morgan fingerprint density at radius 2 is 1.57 bits per heavy atom. The number of ether oxygens (including phenoxy) is 1. The number of rotatable bonds is 7. The summed E-state index contributed by atoms with van der Waals surface area (Å²) in [6.07, 6.45) is 0.0329. The number of nitrogens with one attached hydrogen (secondary N) is 3. The maximum Gasteiger partial charge on any atom is 0.269 e. The summed E-state index contributed by atoms with van der Waals surface area (Å²) in [4.78, 5) is 35.8. The fraction of sp³-hybridized carbons (Fsp3) is 0.286. The second-order valence-corrected chi connectivity index (χ2v) is 6.56. The predicted molar refractivity (Wildman–Crippen MR) is 105 cm³/mol. The van der Waals surface area contributed by atoms with Crippen LogP contribution in [0.4, 0.5) is 0 Å². The third-order valence-corrected chi connectivity index (χ3v) is 3.77. The Hall–Kier alpha value is -3.35. The highest BCUT2D eigenvalue weighted by atomic mass is 16.5. The minimum atomic E-state index is -0.483.